The van der Waals surface area contributed by atoms with Crippen LogP contribution in [0, 0.1) is 12.3 Å². The largest absolute Gasteiger partial charge is 0.349 e. The minimum Gasteiger partial charge on any atom is -0.349 e. The van der Waals surface area contributed by atoms with Gasteiger partial charge in [-0.15, -0.1) is 0 Å². The summed E-state index contributed by atoms with van der Waals surface area (Å²) in [5.74, 6) is 0.609. The molecule has 2 heterocycles. The normalized spacial score (nSPS) is 15.4. The fourth-order valence-electron chi connectivity index (χ4n) is 3.38. The molecule has 0 radical (unpaired) electrons. The first-order valence-corrected chi connectivity index (χ1v) is 9.74. The lowest BCUT2D eigenvalue weighted by atomic mass is 9.93. The highest BCUT2D eigenvalue weighted by Gasteiger charge is 2.30. The zero-order chi connectivity index (χ0) is 20.3. The number of aromatic nitrogens is 2. The van der Waals surface area contributed by atoms with Crippen LogP contribution in [-0.4, -0.2) is 45.8 Å². The number of likely N-dealkylation sites (tertiary alicyclic amines) is 1. The van der Waals surface area contributed by atoms with Gasteiger partial charge in [-0.05, 0) is 25.3 Å². The molecule has 2 aromatic rings. The molecule has 3 rings (SSSR count). The Labute approximate surface area is 166 Å². The minimum absolute atomic E-state index is 0.0626. The van der Waals surface area contributed by atoms with Gasteiger partial charge in [-0.2, -0.15) is 0 Å². The van der Waals surface area contributed by atoms with Crippen molar-refractivity contribution in [2.75, 3.05) is 13.1 Å². The second kappa shape index (κ2) is 8.09. The zero-order valence-electron chi connectivity index (χ0n) is 17.0. The van der Waals surface area contributed by atoms with Crippen LogP contribution in [-0.2, 0) is 4.79 Å². The number of nitrogens with zero attached hydrogens (tertiary/aromatic N) is 3. The van der Waals surface area contributed by atoms with E-state index in [-0.39, 0.29) is 23.3 Å². The third-order valence-electron chi connectivity index (χ3n) is 5.06. The molecule has 28 heavy (non-hydrogen) atoms. The predicted molar refractivity (Wildman–Crippen MR) is 109 cm³/mol. The molecule has 0 saturated carbocycles. The lowest BCUT2D eigenvalue weighted by Gasteiger charge is -2.36. The Bertz CT molecular complexity index is 848. The van der Waals surface area contributed by atoms with Crippen LogP contribution in [0.25, 0.3) is 11.4 Å². The van der Waals surface area contributed by atoms with Crippen molar-refractivity contribution in [2.24, 2.45) is 5.41 Å². The van der Waals surface area contributed by atoms with Gasteiger partial charge in [-0.1, -0.05) is 45.0 Å². The summed E-state index contributed by atoms with van der Waals surface area (Å²) in [7, 11) is 0. The van der Waals surface area contributed by atoms with Gasteiger partial charge in [0.05, 0.1) is 5.56 Å². The molecule has 1 aliphatic heterocycles. The smallest absolute Gasteiger partial charge is 0.254 e. The van der Waals surface area contributed by atoms with Crippen molar-refractivity contribution in [3.05, 3.63) is 47.8 Å². The number of hydrogen-bond donors (Lipinski definition) is 1. The second-order valence-corrected chi connectivity index (χ2v) is 8.40. The molecule has 0 bridgehead atoms. The third kappa shape index (κ3) is 4.55. The van der Waals surface area contributed by atoms with Crippen molar-refractivity contribution in [1.29, 1.82) is 0 Å². The van der Waals surface area contributed by atoms with Crippen LogP contribution in [0.1, 0.15) is 49.5 Å². The van der Waals surface area contributed by atoms with E-state index >= 15 is 0 Å². The fraction of sp³-hybridized carbons (Fsp3) is 0.455. The van der Waals surface area contributed by atoms with E-state index in [0.29, 0.717) is 24.5 Å². The molecule has 0 aliphatic carbocycles. The highest BCUT2D eigenvalue weighted by Crippen LogP contribution is 2.21. The quantitative estimate of drug-likeness (QED) is 0.887. The topological polar surface area (TPSA) is 75.2 Å². The van der Waals surface area contributed by atoms with Crippen LogP contribution >= 0.6 is 0 Å². The number of amides is 2. The molecule has 0 unspecified atom stereocenters. The van der Waals surface area contributed by atoms with Crippen molar-refractivity contribution >= 4 is 11.8 Å². The number of hydrogen-bond acceptors (Lipinski definition) is 4. The summed E-state index contributed by atoms with van der Waals surface area (Å²) in [6.45, 7) is 9.15. The molecular formula is C22H28N4O2. The Balaban J connectivity index is 1.57. The van der Waals surface area contributed by atoms with Crippen molar-refractivity contribution in [3.63, 3.8) is 0 Å². The van der Waals surface area contributed by atoms with Gasteiger partial charge in [-0.3, -0.25) is 9.59 Å². The highest BCUT2D eigenvalue weighted by molar-refractivity contribution is 5.94. The Morgan fingerprint density at radius 1 is 1.07 bits per heavy atom. The monoisotopic (exact) mass is 380 g/mol. The predicted octanol–water partition coefficient (Wildman–Crippen LogP) is 3.22. The Kier molecular flexibility index (Phi) is 5.77. The maximum absolute atomic E-state index is 12.5. The molecule has 148 valence electrons. The Hall–Kier alpha value is -2.76. The van der Waals surface area contributed by atoms with Crippen LogP contribution in [0.5, 0.6) is 0 Å². The molecule has 1 aliphatic rings. The Morgan fingerprint density at radius 2 is 1.68 bits per heavy atom. The lowest BCUT2D eigenvalue weighted by molar-refractivity contribution is -0.140. The third-order valence-corrected chi connectivity index (χ3v) is 5.06. The molecule has 1 fully saturated rings. The van der Waals surface area contributed by atoms with Crippen molar-refractivity contribution in [1.82, 2.24) is 20.2 Å². The summed E-state index contributed by atoms with van der Waals surface area (Å²) in [4.78, 5) is 35.5. The summed E-state index contributed by atoms with van der Waals surface area (Å²) < 4.78 is 0. The average Bonchev–Trinajstić information content (AvgIpc) is 2.68. The van der Waals surface area contributed by atoms with Crippen LogP contribution in [0.3, 0.4) is 0 Å². The number of carbonyl (C=O) groups is 2. The first-order chi connectivity index (χ1) is 13.3. The van der Waals surface area contributed by atoms with Crippen LogP contribution in [0.4, 0.5) is 0 Å². The van der Waals surface area contributed by atoms with Gasteiger partial charge in [-0.25, -0.2) is 9.97 Å². The van der Waals surface area contributed by atoms with Gasteiger partial charge < -0.3 is 10.2 Å². The van der Waals surface area contributed by atoms with Crippen LogP contribution in [0.15, 0.2) is 36.7 Å². The number of carbonyl (C=O) groups excluding carboxylic acids is 2. The van der Waals surface area contributed by atoms with Crippen molar-refractivity contribution in [3.8, 4) is 11.4 Å². The Morgan fingerprint density at radius 3 is 2.25 bits per heavy atom. The number of piperidine rings is 1. The van der Waals surface area contributed by atoms with Crippen molar-refractivity contribution < 1.29 is 9.59 Å². The maximum atomic E-state index is 12.5. The van der Waals surface area contributed by atoms with E-state index in [1.54, 1.807) is 12.4 Å². The summed E-state index contributed by atoms with van der Waals surface area (Å²) in [6.07, 6.45) is 4.66. The summed E-state index contributed by atoms with van der Waals surface area (Å²) in [5, 5.41) is 3.05. The average molecular weight is 380 g/mol. The van der Waals surface area contributed by atoms with E-state index in [2.05, 4.69) is 15.3 Å². The maximum Gasteiger partial charge on any atom is 0.254 e. The zero-order valence-corrected chi connectivity index (χ0v) is 17.0. The van der Waals surface area contributed by atoms with Gasteiger partial charge in [0.2, 0.25) is 5.91 Å². The number of nitrogens with one attached hydrogen (secondary N) is 1. The molecule has 6 heteroatoms. The summed E-state index contributed by atoms with van der Waals surface area (Å²) in [5.41, 5.74) is 2.14. The van der Waals surface area contributed by atoms with Gasteiger partial charge in [0, 0.05) is 42.5 Å². The lowest BCUT2D eigenvalue weighted by Crippen LogP contribution is -2.49. The van der Waals surface area contributed by atoms with E-state index in [9.17, 15) is 9.59 Å². The standard InChI is InChI=1S/C22H28N4O2/c1-15-7-5-6-8-18(15)19-23-13-16(14-24-19)20(27)25-17-9-11-26(12-10-17)21(28)22(2,3)4/h5-8,13-14,17H,9-12H2,1-4H3,(H,25,27). The molecule has 1 saturated heterocycles. The van der Waals surface area contributed by atoms with E-state index in [1.807, 2.05) is 56.9 Å². The van der Waals surface area contributed by atoms with E-state index in [0.717, 1.165) is 24.0 Å². The number of rotatable bonds is 3. The summed E-state index contributed by atoms with van der Waals surface area (Å²) >= 11 is 0. The summed E-state index contributed by atoms with van der Waals surface area (Å²) in [6, 6.07) is 7.96. The van der Waals surface area contributed by atoms with Gasteiger partial charge in [0.1, 0.15) is 0 Å². The molecule has 1 N–H and O–H groups in total. The van der Waals surface area contributed by atoms with Crippen LogP contribution in [0.2, 0.25) is 0 Å². The molecule has 6 nitrogen and oxygen atoms in total. The SMILES string of the molecule is Cc1ccccc1-c1ncc(C(=O)NC2CCN(C(=O)C(C)(C)C)CC2)cn1. The number of aryl methyl sites for hydroxylation is 1. The molecule has 1 aromatic carbocycles. The highest BCUT2D eigenvalue weighted by atomic mass is 16.2. The van der Waals surface area contributed by atoms with Crippen molar-refractivity contribution in [2.45, 2.75) is 46.6 Å². The van der Waals surface area contributed by atoms with Gasteiger partial charge in [0.15, 0.2) is 5.82 Å². The molecule has 1 aromatic heterocycles. The molecule has 2 amide bonds. The van der Waals surface area contributed by atoms with Gasteiger partial charge in [0.25, 0.3) is 5.91 Å². The van der Waals surface area contributed by atoms with E-state index < -0.39 is 0 Å². The van der Waals surface area contributed by atoms with Crippen LogP contribution < -0.4 is 5.32 Å². The van der Waals surface area contributed by atoms with E-state index in [1.165, 1.54) is 0 Å². The first-order valence-electron chi connectivity index (χ1n) is 9.74. The second-order valence-electron chi connectivity index (χ2n) is 8.40. The molecule has 0 atom stereocenters. The van der Waals surface area contributed by atoms with E-state index in [4.69, 9.17) is 0 Å². The minimum atomic E-state index is -0.369. The molecule has 0 spiro atoms. The molecular weight excluding hydrogens is 352 g/mol. The first kappa shape index (κ1) is 20.0. The fourth-order valence-corrected chi connectivity index (χ4v) is 3.38. The number of benzene rings is 1. The van der Waals surface area contributed by atoms with Gasteiger partial charge >= 0.3 is 0 Å².